The molecular weight excluding hydrogens is 299 g/mol. The Labute approximate surface area is 123 Å². The van der Waals surface area contributed by atoms with Crippen molar-refractivity contribution in [1.82, 2.24) is 4.72 Å². The van der Waals surface area contributed by atoms with Gasteiger partial charge in [-0.2, -0.15) is 4.39 Å². The van der Waals surface area contributed by atoms with Crippen molar-refractivity contribution in [2.24, 2.45) is 5.41 Å². The van der Waals surface area contributed by atoms with Crippen LogP contribution in [0.3, 0.4) is 0 Å². The summed E-state index contributed by atoms with van der Waals surface area (Å²) in [6.45, 7) is 8.68. The van der Waals surface area contributed by atoms with E-state index in [-0.39, 0.29) is 15.9 Å². The van der Waals surface area contributed by atoms with Crippen LogP contribution in [0.1, 0.15) is 33.3 Å². The fraction of sp³-hybridized carbons (Fsp3) is 0.538. The van der Waals surface area contributed by atoms with Gasteiger partial charge < -0.3 is 0 Å². The molecule has 0 radical (unpaired) electrons. The summed E-state index contributed by atoms with van der Waals surface area (Å²) in [5.74, 6) is -1.06. The molecule has 1 aromatic rings. The number of nitro groups is 1. The molecule has 0 aliphatic heterocycles. The largest absolute Gasteiger partial charge is 0.306 e. The van der Waals surface area contributed by atoms with Crippen molar-refractivity contribution in [3.8, 4) is 0 Å². The number of aryl methyl sites for hydroxylation is 1. The van der Waals surface area contributed by atoms with Gasteiger partial charge in [-0.1, -0.05) is 20.8 Å². The lowest BCUT2D eigenvalue weighted by Crippen LogP contribution is -2.41. The van der Waals surface area contributed by atoms with Gasteiger partial charge in [0.05, 0.1) is 9.82 Å². The van der Waals surface area contributed by atoms with E-state index in [1.165, 1.54) is 6.92 Å². The molecule has 0 aliphatic rings. The molecule has 0 aliphatic carbocycles. The highest BCUT2D eigenvalue weighted by Crippen LogP contribution is 2.27. The topological polar surface area (TPSA) is 89.3 Å². The van der Waals surface area contributed by atoms with Crippen molar-refractivity contribution >= 4 is 15.7 Å². The van der Waals surface area contributed by atoms with Crippen molar-refractivity contribution in [2.45, 2.75) is 45.6 Å². The monoisotopic (exact) mass is 318 g/mol. The molecule has 0 bridgehead atoms. The number of benzene rings is 1. The third-order valence-corrected chi connectivity index (χ3v) is 5.04. The van der Waals surface area contributed by atoms with Crippen LogP contribution in [0.15, 0.2) is 17.0 Å². The van der Waals surface area contributed by atoms with E-state index in [1.807, 2.05) is 20.8 Å². The van der Waals surface area contributed by atoms with Crippen LogP contribution in [0.25, 0.3) is 0 Å². The molecule has 0 saturated carbocycles. The summed E-state index contributed by atoms with van der Waals surface area (Å²) >= 11 is 0. The first kappa shape index (κ1) is 17.5. The van der Waals surface area contributed by atoms with Crippen molar-refractivity contribution in [2.75, 3.05) is 0 Å². The number of nitro benzene ring substituents is 1. The highest BCUT2D eigenvalue weighted by atomic mass is 32.2. The SMILES string of the molecule is Cc1cc(F)c([N+](=O)[O-])cc1S(=O)(=O)NC(C)C(C)(C)C. The van der Waals surface area contributed by atoms with Gasteiger partial charge in [-0.3, -0.25) is 10.1 Å². The number of hydrogen-bond acceptors (Lipinski definition) is 4. The summed E-state index contributed by atoms with van der Waals surface area (Å²) < 4.78 is 40.6. The molecule has 1 aromatic carbocycles. The first-order valence-corrected chi connectivity index (χ1v) is 7.81. The molecule has 1 rings (SSSR count). The number of rotatable bonds is 4. The van der Waals surface area contributed by atoms with Crippen LogP contribution < -0.4 is 4.72 Å². The molecule has 1 N–H and O–H groups in total. The fourth-order valence-corrected chi connectivity index (χ4v) is 3.24. The predicted octanol–water partition coefficient (Wildman–Crippen LogP) is 2.76. The summed E-state index contributed by atoms with van der Waals surface area (Å²) in [6.07, 6.45) is 0. The van der Waals surface area contributed by atoms with E-state index in [4.69, 9.17) is 0 Å². The Morgan fingerprint density at radius 3 is 2.29 bits per heavy atom. The zero-order chi connectivity index (χ0) is 16.6. The Kier molecular flexibility index (Phi) is 4.74. The van der Waals surface area contributed by atoms with E-state index >= 15 is 0 Å². The Balaban J connectivity index is 3.32. The number of nitrogens with zero attached hydrogens (tertiary/aromatic N) is 1. The summed E-state index contributed by atoms with van der Waals surface area (Å²) in [7, 11) is -3.97. The Bertz CT molecular complexity index is 665. The van der Waals surface area contributed by atoms with Gasteiger partial charge in [0, 0.05) is 12.1 Å². The zero-order valence-corrected chi connectivity index (χ0v) is 13.4. The van der Waals surface area contributed by atoms with Crippen molar-refractivity contribution in [3.63, 3.8) is 0 Å². The van der Waals surface area contributed by atoms with Crippen LogP contribution in [0.5, 0.6) is 0 Å². The van der Waals surface area contributed by atoms with Crippen molar-refractivity contribution in [1.29, 1.82) is 0 Å². The van der Waals surface area contributed by atoms with Gasteiger partial charge in [0.15, 0.2) is 0 Å². The third kappa shape index (κ3) is 3.98. The van der Waals surface area contributed by atoms with Gasteiger partial charge in [-0.25, -0.2) is 13.1 Å². The van der Waals surface area contributed by atoms with Gasteiger partial charge in [0.1, 0.15) is 0 Å². The van der Waals surface area contributed by atoms with E-state index in [0.29, 0.717) is 0 Å². The summed E-state index contributed by atoms with van der Waals surface area (Å²) in [5, 5.41) is 10.7. The maximum Gasteiger partial charge on any atom is 0.306 e. The first-order valence-electron chi connectivity index (χ1n) is 6.33. The highest BCUT2D eigenvalue weighted by molar-refractivity contribution is 7.89. The van der Waals surface area contributed by atoms with E-state index < -0.39 is 32.5 Å². The third-order valence-electron chi connectivity index (χ3n) is 3.36. The number of nitrogens with one attached hydrogen (secondary N) is 1. The second-order valence-corrected chi connectivity index (χ2v) is 7.72. The minimum absolute atomic E-state index is 0.117. The first-order chi connectivity index (χ1) is 9.36. The number of sulfonamides is 1. The standard InChI is InChI=1S/C13H19FN2O4S/c1-8-6-10(14)11(16(17)18)7-12(8)21(19,20)15-9(2)13(3,4)5/h6-7,9,15H,1-5H3. The van der Waals surface area contributed by atoms with Crippen LogP contribution in [0.4, 0.5) is 10.1 Å². The lowest BCUT2D eigenvalue weighted by molar-refractivity contribution is -0.387. The van der Waals surface area contributed by atoms with Crippen molar-refractivity contribution in [3.05, 3.63) is 33.6 Å². The molecule has 0 amide bonds. The molecule has 118 valence electrons. The fourth-order valence-electron chi connectivity index (χ4n) is 1.54. The van der Waals surface area contributed by atoms with E-state index in [9.17, 15) is 22.9 Å². The molecule has 6 nitrogen and oxygen atoms in total. The summed E-state index contributed by atoms with van der Waals surface area (Å²) in [5.41, 5.74) is -1.07. The Hall–Kier alpha value is -1.54. The second kappa shape index (κ2) is 5.69. The molecule has 0 saturated heterocycles. The maximum atomic E-state index is 13.5. The second-order valence-electron chi connectivity index (χ2n) is 6.04. The van der Waals surface area contributed by atoms with Crippen LogP contribution in [-0.4, -0.2) is 19.4 Å². The lowest BCUT2D eigenvalue weighted by atomic mass is 9.89. The molecule has 0 heterocycles. The highest BCUT2D eigenvalue weighted by Gasteiger charge is 2.29. The Morgan fingerprint density at radius 1 is 1.33 bits per heavy atom. The molecule has 8 heteroatoms. The zero-order valence-electron chi connectivity index (χ0n) is 12.6. The smallest absolute Gasteiger partial charge is 0.258 e. The normalized spacial score (nSPS) is 14.0. The van der Waals surface area contributed by atoms with E-state index in [1.54, 1.807) is 6.92 Å². The van der Waals surface area contributed by atoms with E-state index in [2.05, 4.69) is 4.72 Å². The predicted molar refractivity (Wildman–Crippen MR) is 77.0 cm³/mol. The Morgan fingerprint density at radius 2 is 1.86 bits per heavy atom. The molecule has 0 spiro atoms. The minimum Gasteiger partial charge on any atom is -0.258 e. The van der Waals surface area contributed by atoms with Gasteiger partial charge >= 0.3 is 5.69 Å². The lowest BCUT2D eigenvalue weighted by Gasteiger charge is -2.28. The molecule has 0 fully saturated rings. The summed E-state index contributed by atoms with van der Waals surface area (Å²) in [4.78, 5) is 9.52. The molecule has 1 atom stereocenters. The van der Waals surface area contributed by atoms with Gasteiger partial charge in [-0.15, -0.1) is 0 Å². The van der Waals surface area contributed by atoms with Crippen LogP contribution in [-0.2, 0) is 10.0 Å². The number of hydrogen-bond donors (Lipinski definition) is 1. The van der Waals surface area contributed by atoms with Gasteiger partial charge in [0.25, 0.3) is 0 Å². The average Bonchev–Trinajstić information content (AvgIpc) is 2.25. The molecule has 0 aromatic heterocycles. The maximum absolute atomic E-state index is 13.5. The number of halogens is 1. The van der Waals surface area contributed by atoms with Crippen molar-refractivity contribution < 1.29 is 17.7 Å². The van der Waals surface area contributed by atoms with Crippen LogP contribution >= 0.6 is 0 Å². The molecular formula is C13H19FN2O4S. The quantitative estimate of drug-likeness (QED) is 0.683. The molecule has 1 unspecified atom stereocenters. The van der Waals surface area contributed by atoms with Crippen LogP contribution in [0, 0.1) is 28.3 Å². The molecule has 21 heavy (non-hydrogen) atoms. The van der Waals surface area contributed by atoms with Gasteiger partial charge in [-0.05, 0) is 30.9 Å². The van der Waals surface area contributed by atoms with Crippen LogP contribution in [0.2, 0.25) is 0 Å². The average molecular weight is 318 g/mol. The van der Waals surface area contributed by atoms with E-state index in [0.717, 1.165) is 12.1 Å². The summed E-state index contributed by atoms with van der Waals surface area (Å²) in [6, 6.07) is 1.21. The van der Waals surface area contributed by atoms with Gasteiger partial charge in [0.2, 0.25) is 15.8 Å². The minimum atomic E-state index is -3.97.